The van der Waals surface area contributed by atoms with E-state index in [4.69, 9.17) is 4.74 Å². The molecule has 2 saturated heterocycles. The van der Waals surface area contributed by atoms with E-state index in [1.165, 1.54) is 44.9 Å². The number of likely N-dealkylation sites (tertiary alicyclic amines) is 1. The van der Waals surface area contributed by atoms with E-state index in [0.29, 0.717) is 57.1 Å². The van der Waals surface area contributed by atoms with Gasteiger partial charge >= 0.3 is 0 Å². The highest BCUT2D eigenvalue weighted by atomic mass is 16.5. The van der Waals surface area contributed by atoms with Gasteiger partial charge in [-0.05, 0) is 43.4 Å². The molecule has 0 aromatic rings. The van der Waals surface area contributed by atoms with Gasteiger partial charge in [-0.1, -0.05) is 58.8 Å². The second-order valence-corrected chi connectivity index (χ2v) is 12.4. The molecule has 2 aliphatic heterocycles. The lowest BCUT2D eigenvalue weighted by atomic mass is 9.79. The van der Waals surface area contributed by atoms with Gasteiger partial charge in [-0.2, -0.15) is 5.26 Å². The van der Waals surface area contributed by atoms with Crippen LogP contribution in [0.2, 0.25) is 0 Å². The summed E-state index contributed by atoms with van der Waals surface area (Å²) in [6.07, 6.45) is 12.6. The molecular weight excluding hydrogens is 452 g/mol. The average Bonchev–Trinajstić information content (AvgIpc) is 3.34. The zero-order valence-electron chi connectivity index (χ0n) is 22.7. The van der Waals surface area contributed by atoms with Crippen LogP contribution in [0, 0.1) is 35.0 Å². The molecule has 0 unspecified atom stereocenters. The van der Waals surface area contributed by atoms with Crippen LogP contribution in [-0.2, 0) is 14.3 Å². The standard InChI is InChI=1S/C29H48N4O3/c1-22(2)24-9-6-10-26(18-24)33-12-11-29(20-30,21-33)31-28(35)25(17-23-7-4-3-5-8-23)19-27(34)32-13-15-36-16-14-32/h22-26H,3-19,21H2,1-2H3,(H,31,35)/t24-,25-,26-,29-/m1/s1. The Morgan fingerprint density at radius 3 is 2.50 bits per heavy atom. The molecule has 0 spiro atoms. The smallest absolute Gasteiger partial charge is 0.224 e. The SMILES string of the molecule is CC(C)[C@@H]1CCC[C@@H](N2CC[C@](C#N)(NC(=O)[C@@H](CC(=O)N3CCOCC3)CC3CCCCC3)C2)C1. The monoisotopic (exact) mass is 500 g/mol. The minimum atomic E-state index is -0.839. The summed E-state index contributed by atoms with van der Waals surface area (Å²) >= 11 is 0. The zero-order valence-corrected chi connectivity index (χ0v) is 22.7. The first kappa shape index (κ1) is 27.4. The van der Waals surface area contributed by atoms with E-state index < -0.39 is 5.54 Å². The van der Waals surface area contributed by atoms with Gasteiger partial charge in [0.25, 0.3) is 0 Å². The summed E-state index contributed by atoms with van der Waals surface area (Å²) in [6, 6.07) is 3.01. The maximum absolute atomic E-state index is 13.7. The largest absolute Gasteiger partial charge is 0.378 e. The van der Waals surface area contributed by atoms with Gasteiger partial charge in [0, 0.05) is 44.6 Å². The molecule has 0 radical (unpaired) electrons. The van der Waals surface area contributed by atoms with E-state index in [-0.39, 0.29) is 24.2 Å². The van der Waals surface area contributed by atoms with Crippen molar-refractivity contribution < 1.29 is 14.3 Å². The summed E-state index contributed by atoms with van der Waals surface area (Å²) in [5.74, 6) is 1.55. The number of nitrogens with zero attached hydrogens (tertiary/aromatic N) is 3. The number of carbonyl (C=O) groups excluding carboxylic acids is 2. The van der Waals surface area contributed by atoms with Crippen molar-refractivity contribution >= 4 is 11.8 Å². The van der Waals surface area contributed by atoms with E-state index in [9.17, 15) is 14.9 Å². The highest BCUT2D eigenvalue weighted by molar-refractivity contribution is 5.86. The van der Waals surface area contributed by atoms with Crippen LogP contribution in [0.1, 0.15) is 90.9 Å². The minimum Gasteiger partial charge on any atom is -0.378 e. The molecule has 0 aromatic heterocycles. The van der Waals surface area contributed by atoms with Crippen molar-refractivity contribution in [2.75, 3.05) is 39.4 Å². The van der Waals surface area contributed by atoms with Crippen LogP contribution in [0.25, 0.3) is 0 Å². The number of rotatable bonds is 8. The lowest BCUT2D eigenvalue weighted by molar-refractivity contribution is -0.140. The molecule has 4 aliphatic rings. The second kappa shape index (κ2) is 12.7. The zero-order chi connectivity index (χ0) is 25.5. The topological polar surface area (TPSA) is 85.7 Å². The van der Waals surface area contributed by atoms with Gasteiger partial charge < -0.3 is 15.0 Å². The lowest BCUT2D eigenvalue weighted by Crippen LogP contribution is -2.53. The number of ether oxygens (including phenoxy) is 1. The van der Waals surface area contributed by atoms with Gasteiger partial charge in [0.2, 0.25) is 11.8 Å². The molecule has 2 amide bonds. The van der Waals surface area contributed by atoms with Crippen LogP contribution >= 0.6 is 0 Å². The number of amides is 2. The lowest BCUT2D eigenvalue weighted by Gasteiger charge is -2.37. The third kappa shape index (κ3) is 7.01. The van der Waals surface area contributed by atoms with Crippen LogP contribution in [0.5, 0.6) is 0 Å². The fourth-order valence-electron chi connectivity index (χ4n) is 7.11. The molecule has 7 heteroatoms. The molecule has 7 nitrogen and oxygen atoms in total. The van der Waals surface area contributed by atoms with Crippen molar-refractivity contribution in [3.63, 3.8) is 0 Å². The molecular formula is C29H48N4O3. The molecule has 36 heavy (non-hydrogen) atoms. The Kier molecular flexibility index (Phi) is 9.69. The maximum atomic E-state index is 13.7. The van der Waals surface area contributed by atoms with E-state index in [0.717, 1.165) is 31.7 Å². The number of morpholine rings is 1. The van der Waals surface area contributed by atoms with Crippen LogP contribution in [0.4, 0.5) is 0 Å². The molecule has 4 fully saturated rings. The highest BCUT2D eigenvalue weighted by Gasteiger charge is 2.44. The summed E-state index contributed by atoms with van der Waals surface area (Å²) < 4.78 is 5.41. The summed E-state index contributed by atoms with van der Waals surface area (Å²) in [5.41, 5.74) is -0.839. The van der Waals surface area contributed by atoms with Crippen molar-refractivity contribution in [2.45, 2.75) is 102 Å². The average molecular weight is 501 g/mol. The fraction of sp³-hybridized carbons (Fsp3) is 0.897. The van der Waals surface area contributed by atoms with Gasteiger partial charge in [0.15, 0.2) is 0 Å². The summed E-state index contributed by atoms with van der Waals surface area (Å²) in [4.78, 5) is 31.1. The van der Waals surface area contributed by atoms with Gasteiger partial charge in [0.1, 0.15) is 5.54 Å². The summed E-state index contributed by atoms with van der Waals surface area (Å²) in [6.45, 7) is 8.46. The molecule has 1 N–H and O–H groups in total. The molecule has 2 aliphatic carbocycles. The first-order valence-electron chi connectivity index (χ1n) is 14.7. The first-order chi connectivity index (χ1) is 17.4. The van der Waals surface area contributed by atoms with Gasteiger partial charge in [-0.25, -0.2) is 0 Å². The second-order valence-electron chi connectivity index (χ2n) is 12.4. The van der Waals surface area contributed by atoms with E-state index in [2.05, 4.69) is 30.1 Å². The van der Waals surface area contributed by atoms with E-state index in [1.54, 1.807) is 0 Å². The molecule has 4 rings (SSSR count). The predicted molar refractivity (Wildman–Crippen MR) is 140 cm³/mol. The van der Waals surface area contributed by atoms with Crippen molar-refractivity contribution in [3.8, 4) is 6.07 Å². The third-order valence-corrected chi connectivity index (χ3v) is 9.52. The molecule has 0 bridgehead atoms. The number of nitrogens with one attached hydrogen (secondary N) is 1. The Morgan fingerprint density at radius 1 is 1.06 bits per heavy atom. The van der Waals surface area contributed by atoms with Crippen molar-refractivity contribution in [3.05, 3.63) is 0 Å². The predicted octanol–water partition coefficient (Wildman–Crippen LogP) is 4.12. The Balaban J connectivity index is 1.40. The normalized spacial score (nSPS) is 31.2. The van der Waals surface area contributed by atoms with E-state index in [1.807, 2.05) is 4.90 Å². The Hall–Kier alpha value is -1.65. The highest BCUT2D eigenvalue weighted by Crippen LogP contribution is 2.36. The minimum absolute atomic E-state index is 0.0512. The Morgan fingerprint density at radius 2 is 1.81 bits per heavy atom. The number of hydrogen-bond acceptors (Lipinski definition) is 5. The number of nitriles is 1. The summed E-state index contributed by atoms with van der Waals surface area (Å²) in [7, 11) is 0. The van der Waals surface area contributed by atoms with Crippen molar-refractivity contribution in [1.29, 1.82) is 5.26 Å². The molecule has 4 atom stereocenters. The van der Waals surface area contributed by atoms with Crippen molar-refractivity contribution in [2.24, 2.45) is 23.7 Å². The van der Waals surface area contributed by atoms with Gasteiger partial charge in [-0.3, -0.25) is 14.5 Å². The quantitative estimate of drug-likeness (QED) is 0.542. The van der Waals surface area contributed by atoms with Crippen LogP contribution in [0.3, 0.4) is 0 Å². The van der Waals surface area contributed by atoms with Crippen LogP contribution in [-0.4, -0.2) is 72.6 Å². The van der Waals surface area contributed by atoms with E-state index >= 15 is 0 Å². The van der Waals surface area contributed by atoms with Gasteiger partial charge in [0.05, 0.1) is 19.3 Å². The third-order valence-electron chi connectivity index (χ3n) is 9.52. The Bertz CT molecular complexity index is 784. The first-order valence-corrected chi connectivity index (χ1v) is 14.7. The number of carbonyl (C=O) groups is 2. The van der Waals surface area contributed by atoms with Crippen molar-refractivity contribution in [1.82, 2.24) is 15.1 Å². The molecule has 0 aromatic carbocycles. The number of hydrogen-bond donors (Lipinski definition) is 1. The van der Waals surface area contributed by atoms with Crippen LogP contribution < -0.4 is 5.32 Å². The Labute approximate surface area is 218 Å². The van der Waals surface area contributed by atoms with Crippen LogP contribution in [0.15, 0.2) is 0 Å². The molecule has 202 valence electrons. The fourth-order valence-corrected chi connectivity index (χ4v) is 7.11. The maximum Gasteiger partial charge on any atom is 0.224 e. The molecule has 2 heterocycles. The molecule has 2 saturated carbocycles. The summed E-state index contributed by atoms with van der Waals surface area (Å²) in [5, 5.41) is 13.4. The van der Waals surface area contributed by atoms with Gasteiger partial charge in [-0.15, -0.1) is 0 Å².